The first kappa shape index (κ1) is 83.1. The quantitative estimate of drug-likeness (QED) is 0.134. The van der Waals surface area contributed by atoms with Crippen LogP contribution < -0.4 is 0 Å². The smallest absolute Gasteiger partial charge is 0.143 e. The highest BCUT2D eigenvalue weighted by molar-refractivity contribution is 7.26. The molecule has 144 heavy (non-hydrogen) atoms. The molecular formula is C132H78N8O3S. The number of benzene rings is 23. The maximum absolute atomic E-state index is 6.36. The van der Waals surface area contributed by atoms with E-state index in [0.29, 0.717) is 0 Å². The van der Waals surface area contributed by atoms with Gasteiger partial charge in [-0.05, 0) is 110 Å². The van der Waals surface area contributed by atoms with Crippen LogP contribution in [0, 0.1) is 0 Å². The average molecular weight is 1860 g/mol. The summed E-state index contributed by atoms with van der Waals surface area (Å²) in [7, 11) is 0. The highest BCUT2D eigenvalue weighted by Crippen LogP contribution is 2.49. The third kappa shape index (κ3) is 14.1. The van der Waals surface area contributed by atoms with Crippen molar-refractivity contribution < 1.29 is 13.3 Å². The van der Waals surface area contributed by atoms with E-state index >= 15 is 0 Å². The van der Waals surface area contributed by atoms with Gasteiger partial charge in [0.25, 0.3) is 0 Å². The molecule has 0 saturated heterocycles. The van der Waals surface area contributed by atoms with Crippen LogP contribution in [0.2, 0.25) is 0 Å². The van der Waals surface area contributed by atoms with Gasteiger partial charge in [0.1, 0.15) is 33.5 Å². The summed E-state index contributed by atoms with van der Waals surface area (Å²) < 4.78 is 21.7. The Labute approximate surface area is 827 Å². The van der Waals surface area contributed by atoms with E-state index in [0.717, 1.165) is 259 Å². The third-order valence-corrected chi connectivity index (χ3v) is 29.3. The summed E-state index contributed by atoms with van der Waals surface area (Å²) in [6.07, 6.45) is 0. The normalized spacial score (nSPS) is 11.8. The molecule has 23 aromatic carbocycles. The number of rotatable bonds is 8. The second-order valence-corrected chi connectivity index (χ2v) is 37.4. The van der Waals surface area contributed by atoms with Crippen LogP contribution in [-0.4, -0.2) is 39.9 Å². The van der Waals surface area contributed by atoms with E-state index in [-0.39, 0.29) is 0 Å². The van der Waals surface area contributed by atoms with Gasteiger partial charge in [-0.2, -0.15) is 0 Å². The summed E-state index contributed by atoms with van der Waals surface area (Å²) >= 11 is 1.86. The summed E-state index contributed by atoms with van der Waals surface area (Å²) in [4.78, 5) is 41.8. The fraction of sp³-hybridized carbons (Fsp3) is 0. The number of thiophene rings is 1. The molecule has 0 aliphatic carbocycles. The Morgan fingerprint density at radius 1 is 0.146 bits per heavy atom. The second-order valence-electron chi connectivity index (χ2n) is 36.4. The molecule has 0 amide bonds. The molecule has 31 rings (SSSR count). The first-order valence-corrected chi connectivity index (χ1v) is 49.1. The van der Waals surface area contributed by atoms with Gasteiger partial charge in [-0.15, -0.1) is 11.3 Å². The second kappa shape index (κ2) is 34.5. The number of fused-ring (bicyclic) bond motifs is 30. The molecule has 0 fully saturated rings. The first-order valence-electron chi connectivity index (χ1n) is 48.3. The van der Waals surface area contributed by atoms with Crippen molar-refractivity contribution in [2.24, 2.45) is 0 Å². The first-order chi connectivity index (χ1) is 71.4. The molecule has 8 heterocycles. The predicted molar refractivity (Wildman–Crippen MR) is 599 cm³/mol. The SMILES string of the molecule is c1ccc(-c2nc3c(ccc4ccccc43)nc2-c2cccc3c2ccc2c4ccccc4oc32)cc1.c1ccc(-c2nc3ccc4ccccc4c3nc2-c2cccc3c2ccc2c4ccccc4oc32)cc1.c1ccc(-c2nc3ccc4ccccc4c3nc2-c2cccc3c2ccc2c4ccccc4sc32)cc1.c1ccc(-c2nc3ccccc3nc2-c2cccc3c2ccc2c4ccccc4oc32)cc1. The van der Waals surface area contributed by atoms with E-state index in [1.54, 1.807) is 0 Å². The fourth-order valence-electron chi connectivity index (χ4n) is 21.3. The van der Waals surface area contributed by atoms with E-state index in [4.69, 9.17) is 53.1 Å². The number of aromatic nitrogens is 8. The molecule has 0 aliphatic rings. The van der Waals surface area contributed by atoms with Crippen LogP contribution in [0.25, 0.3) is 296 Å². The van der Waals surface area contributed by atoms with Crippen molar-refractivity contribution >= 4 is 217 Å². The number of furan rings is 3. The van der Waals surface area contributed by atoms with Crippen LogP contribution in [0.1, 0.15) is 0 Å². The van der Waals surface area contributed by atoms with Gasteiger partial charge in [0.15, 0.2) is 0 Å². The molecule has 0 atom stereocenters. The van der Waals surface area contributed by atoms with Gasteiger partial charge in [0, 0.05) is 135 Å². The zero-order valence-electron chi connectivity index (χ0n) is 77.2. The van der Waals surface area contributed by atoms with Crippen molar-refractivity contribution in [3.63, 3.8) is 0 Å². The van der Waals surface area contributed by atoms with E-state index in [9.17, 15) is 0 Å². The van der Waals surface area contributed by atoms with Gasteiger partial charge in [-0.1, -0.05) is 400 Å². The van der Waals surface area contributed by atoms with Gasteiger partial charge < -0.3 is 13.3 Å². The summed E-state index contributed by atoms with van der Waals surface area (Å²) in [5.74, 6) is 0. The number of hydrogen-bond acceptors (Lipinski definition) is 12. The predicted octanol–water partition coefficient (Wildman–Crippen LogP) is 36.0. The highest BCUT2D eigenvalue weighted by atomic mass is 32.1. The summed E-state index contributed by atoms with van der Waals surface area (Å²) in [5.41, 5.74) is 28.2. The lowest BCUT2D eigenvalue weighted by atomic mass is 9.96. The van der Waals surface area contributed by atoms with Gasteiger partial charge >= 0.3 is 0 Å². The van der Waals surface area contributed by atoms with Gasteiger partial charge in [-0.25, -0.2) is 39.9 Å². The van der Waals surface area contributed by atoms with E-state index in [1.807, 2.05) is 121 Å². The average Bonchev–Trinajstić information content (AvgIpc) is 1.58. The van der Waals surface area contributed by atoms with Gasteiger partial charge in [0.2, 0.25) is 0 Å². The minimum atomic E-state index is 0.870. The Bertz CT molecular complexity index is 10300. The Morgan fingerprint density at radius 2 is 0.389 bits per heavy atom. The molecule has 0 unspecified atom stereocenters. The molecule has 0 spiro atoms. The van der Waals surface area contributed by atoms with Crippen molar-refractivity contribution in [2.45, 2.75) is 0 Å². The lowest BCUT2D eigenvalue weighted by molar-refractivity contribution is 0.672. The molecule has 0 aliphatic heterocycles. The van der Waals surface area contributed by atoms with Crippen LogP contribution >= 0.6 is 11.3 Å². The molecule has 0 radical (unpaired) electrons. The molecule has 670 valence electrons. The van der Waals surface area contributed by atoms with Crippen molar-refractivity contribution in [1.29, 1.82) is 0 Å². The largest absolute Gasteiger partial charge is 0.455 e. The van der Waals surface area contributed by atoms with Crippen LogP contribution in [0.3, 0.4) is 0 Å². The Morgan fingerprint density at radius 3 is 0.771 bits per heavy atom. The van der Waals surface area contributed by atoms with Crippen LogP contribution in [0.15, 0.2) is 486 Å². The molecule has 8 aromatic heterocycles. The molecule has 31 aromatic rings. The maximum atomic E-state index is 6.36. The minimum absolute atomic E-state index is 0.870. The lowest BCUT2D eigenvalue weighted by Gasteiger charge is -2.14. The number of hydrogen-bond donors (Lipinski definition) is 0. The van der Waals surface area contributed by atoms with Crippen LogP contribution in [-0.2, 0) is 0 Å². The topological polar surface area (TPSA) is 143 Å². The third-order valence-electron chi connectivity index (χ3n) is 28.1. The Kier molecular flexibility index (Phi) is 19.9. The number of nitrogens with zero attached hydrogens (tertiary/aromatic N) is 8. The lowest BCUT2D eigenvalue weighted by Crippen LogP contribution is -1.97. The zero-order valence-corrected chi connectivity index (χ0v) is 78.1. The Balaban J connectivity index is 0.0000000935. The maximum Gasteiger partial charge on any atom is 0.143 e. The van der Waals surface area contributed by atoms with E-state index in [1.165, 1.54) is 36.3 Å². The summed E-state index contributed by atoms with van der Waals surface area (Å²) in [6.45, 7) is 0. The number of para-hydroxylation sites is 5. The van der Waals surface area contributed by atoms with Crippen molar-refractivity contribution in [1.82, 2.24) is 39.9 Å². The standard InChI is InChI=1S/2C34H20N2O.C34H20N2S.C30H18N2O/c1-2-10-22(11-3-1)31-33(35-29-20-17-21-9-4-5-12-23(21)32(29)36-31)26-14-8-15-27-24(26)18-19-28-25-13-6-7-16-30(25)37-34(27)28;2*1-2-10-22(11-3-1)31-33(36-32-23-12-5-4-9-21(23)17-20-29(32)35-31)26-14-8-15-27-24(26)18-19-28-25-13-6-7-16-30(25)37-34(27)28;1-2-9-19(10-3-1)28-29(32-26-15-6-5-14-25(26)31-28)22-12-8-13-23-20(22)17-18-24-21-11-4-7-16-27(21)33-30(23)24/h3*1-20H;1-18H. The van der Waals surface area contributed by atoms with Crippen LogP contribution in [0.5, 0.6) is 0 Å². The molecule has 12 heteroatoms. The summed E-state index contributed by atoms with van der Waals surface area (Å²) in [6, 6.07) is 164. The van der Waals surface area contributed by atoms with Gasteiger partial charge in [-0.3, -0.25) is 0 Å². The summed E-state index contributed by atoms with van der Waals surface area (Å²) in [5, 5.41) is 25.2. The molecular weight excluding hydrogens is 1780 g/mol. The van der Waals surface area contributed by atoms with Crippen molar-refractivity contribution in [3.05, 3.63) is 473 Å². The van der Waals surface area contributed by atoms with E-state index < -0.39 is 0 Å². The monoisotopic (exact) mass is 1850 g/mol. The van der Waals surface area contributed by atoms with Gasteiger partial charge in [0.05, 0.1) is 89.7 Å². The molecule has 0 saturated carbocycles. The fourth-order valence-corrected chi connectivity index (χ4v) is 22.5. The zero-order chi connectivity index (χ0) is 94.8. The van der Waals surface area contributed by atoms with Crippen LogP contribution in [0.4, 0.5) is 0 Å². The molecule has 0 N–H and O–H groups in total. The Hall–Kier alpha value is -19.1. The molecule has 11 nitrogen and oxygen atoms in total. The van der Waals surface area contributed by atoms with Crippen molar-refractivity contribution in [3.8, 4) is 90.1 Å². The minimum Gasteiger partial charge on any atom is -0.455 e. The van der Waals surface area contributed by atoms with E-state index in [2.05, 4.69) is 364 Å². The van der Waals surface area contributed by atoms with Crippen molar-refractivity contribution in [2.75, 3.05) is 0 Å². The molecule has 0 bridgehead atoms. The highest BCUT2D eigenvalue weighted by Gasteiger charge is 2.26.